The number of hydrogen-bond acceptors (Lipinski definition) is 3. The van der Waals surface area contributed by atoms with E-state index in [1.54, 1.807) is 0 Å². The van der Waals surface area contributed by atoms with Gasteiger partial charge in [-0.3, -0.25) is 9.28 Å². The number of carbonyl (C=O) groups excluding carboxylic acids is 1. The SMILES string of the molecule is CC(=O)OC[N+]1(C)CC[C@@]23CCCC[C@@H]2[C@@H]1Cc1ccc(O)cc13. The van der Waals surface area contributed by atoms with Crippen molar-refractivity contribution >= 4 is 5.97 Å². The zero-order valence-electron chi connectivity index (χ0n) is 14.8. The second-order valence-electron chi connectivity index (χ2n) is 8.34. The van der Waals surface area contributed by atoms with Crippen molar-refractivity contribution in [3.8, 4) is 5.75 Å². The predicted octanol–water partition coefficient (Wildman–Crippen LogP) is 3.12. The highest BCUT2D eigenvalue weighted by Gasteiger charge is 2.59. The van der Waals surface area contributed by atoms with Crippen molar-refractivity contribution in [3.63, 3.8) is 0 Å². The summed E-state index contributed by atoms with van der Waals surface area (Å²) in [4.78, 5) is 11.4. The Hall–Kier alpha value is -1.55. The number of ether oxygens (including phenoxy) is 1. The number of likely N-dealkylation sites (N-methyl/N-ethyl adjacent to an activating group) is 1. The molecule has 1 unspecified atom stereocenters. The lowest BCUT2D eigenvalue weighted by molar-refractivity contribution is -0.959. The Morgan fingerprint density at radius 3 is 3.00 bits per heavy atom. The molecule has 2 bridgehead atoms. The molecule has 1 saturated heterocycles. The molecule has 3 aliphatic rings. The summed E-state index contributed by atoms with van der Waals surface area (Å²) in [6.07, 6.45) is 7.23. The van der Waals surface area contributed by atoms with Crippen molar-refractivity contribution < 1.29 is 19.1 Å². The van der Waals surface area contributed by atoms with E-state index in [0.29, 0.717) is 24.4 Å². The average molecular weight is 330 g/mol. The minimum Gasteiger partial charge on any atom is -0.508 e. The lowest BCUT2D eigenvalue weighted by Gasteiger charge is -2.60. The first kappa shape index (κ1) is 15.9. The van der Waals surface area contributed by atoms with Crippen LogP contribution in [0.5, 0.6) is 5.75 Å². The number of benzene rings is 1. The molecule has 0 amide bonds. The molecule has 2 fully saturated rings. The van der Waals surface area contributed by atoms with Crippen molar-refractivity contribution in [2.24, 2.45) is 5.92 Å². The number of hydrogen-bond donors (Lipinski definition) is 1. The fourth-order valence-electron chi connectivity index (χ4n) is 5.85. The standard InChI is InChI=1S/C20H27NO3/c1-14(22)24-13-21(2)10-9-20-8-4-3-5-17(20)19(21)11-15-6-7-16(23)12-18(15)20/h6-7,12,17,19H,3-5,8-11,13H2,1-2H3/p+1/t17-,19+,20+,21?/m1/s1. The summed E-state index contributed by atoms with van der Waals surface area (Å²) >= 11 is 0. The Bertz CT molecular complexity index is 673. The summed E-state index contributed by atoms with van der Waals surface area (Å²) < 4.78 is 6.29. The number of fused-ring (bicyclic) bond motifs is 1. The normalized spacial score (nSPS) is 37.2. The number of likely N-dealkylation sites (tertiary alicyclic amines) is 1. The van der Waals surface area contributed by atoms with Crippen LogP contribution in [-0.2, 0) is 21.4 Å². The summed E-state index contributed by atoms with van der Waals surface area (Å²) in [5.41, 5.74) is 3.02. The van der Waals surface area contributed by atoms with Gasteiger partial charge in [0.05, 0.1) is 19.6 Å². The van der Waals surface area contributed by atoms with Crippen LogP contribution in [0.15, 0.2) is 18.2 Å². The molecule has 24 heavy (non-hydrogen) atoms. The quantitative estimate of drug-likeness (QED) is 0.669. The highest BCUT2D eigenvalue weighted by Crippen LogP contribution is 2.57. The first-order chi connectivity index (χ1) is 11.4. The number of esters is 1. The van der Waals surface area contributed by atoms with E-state index in [0.717, 1.165) is 23.9 Å². The highest BCUT2D eigenvalue weighted by molar-refractivity contribution is 5.65. The van der Waals surface area contributed by atoms with Crippen LogP contribution in [-0.4, -0.2) is 41.9 Å². The molecule has 1 saturated carbocycles. The third-order valence-corrected chi connectivity index (χ3v) is 7.05. The summed E-state index contributed by atoms with van der Waals surface area (Å²) in [5, 5.41) is 10.1. The van der Waals surface area contributed by atoms with E-state index in [-0.39, 0.29) is 11.4 Å². The Labute approximate surface area is 144 Å². The predicted molar refractivity (Wildman–Crippen MR) is 91.5 cm³/mol. The van der Waals surface area contributed by atoms with Gasteiger partial charge in [-0.25, -0.2) is 0 Å². The molecule has 130 valence electrons. The number of phenols is 1. The molecule has 1 aromatic carbocycles. The van der Waals surface area contributed by atoms with E-state index >= 15 is 0 Å². The molecule has 1 aliphatic heterocycles. The first-order valence-corrected chi connectivity index (χ1v) is 9.25. The van der Waals surface area contributed by atoms with Crippen LogP contribution >= 0.6 is 0 Å². The van der Waals surface area contributed by atoms with E-state index < -0.39 is 0 Å². The van der Waals surface area contributed by atoms with Crippen molar-refractivity contribution in [3.05, 3.63) is 29.3 Å². The molecule has 4 rings (SSSR count). The van der Waals surface area contributed by atoms with E-state index in [2.05, 4.69) is 13.1 Å². The zero-order chi connectivity index (χ0) is 16.9. The molecule has 0 aromatic heterocycles. The Morgan fingerprint density at radius 1 is 1.38 bits per heavy atom. The van der Waals surface area contributed by atoms with Crippen LogP contribution in [0.1, 0.15) is 50.2 Å². The molecule has 0 spiro atoms. The molecule has 1 heterocycles. The molecular weight excluding hydrogens is 302 g/mol. The Balaban J connectivity index is 1.77. The fraction of sp³-hybridized carbons (Fsp3) is 0.650. The van der Waals surface area contributed by atoms with E-state index in [1.165, 1.54) is 43.7 Å². The van der Waals surface area contributed by atoms with Gasteiger partial charge >= 0.3 is 5.97 Å². The number of nitrogens with zero attached hydrogens (tertiary/aromatic N) is 1. The minimum absolute atomic E-state index is 0.184. The second kappa shape index (κ2) is 5.48. The van der Waals surface area contributed by atoms with Gasteiger partial charge in [0.15, 0.2) is 0 Å². The van der Waals surface area contributed by atoms with Gasteiger partial charge in [0.2, 0.25) is 6.73 Å². The summed E-state index contributed by atoms with van der Waals surface area (Å²) in [7, 11) is 2.26. The molecular formula is C20H28NO3+. The van der Waals surface area contributed by atoms with Gasteiger partial charge in [0.1, 0.15) is 5.75 Å². The summed E-state index contributed by atoms with van der Waals surface area (Å²) in [6.45, 7) is 3.03. The van der Waals surface area contributed by atoms with Crippen LogP contribution in [0.25, 0.3) is 0 Å². The number of aromatic hydroxyl groups is 1. The van der Waals surface area contributed by atoms with Gasteiger partial charge in [-0.2, -0.15) is 0 Å². The largest absolute Gasteiger partial charge is 0.508 e. The van der Waals surface area contributed by atoms with Gasteiger partial charge in [-0.1, -0.05) is 18.9 Å². The molecule has 1 aromatic rings. The molecule has 0 radical (unpaired) electrons. The first-order valence-electron chi connectivity index (χ1n) is 9.25. The molecule has 2 aliphatic carbocycles. The van der Waals surface area contributed by atoms with Crippen molar-refractivity contribution in [1.82, 2.24) is 0 Å². The minimum atomic E-state index is -0.184. The maximum Gasteiger partial charge on any atom is 0.306 e. The Morgan fingerprint density at radius 2 is 2.21 bits per heavy atom. The smallest absolute Gasteiger partial charge is 0.306 e. The van der Waals surface area contributed by atoms with Gasteiger partial charge in [0, 0.05) is 31.1 Å². The fourth-order valence-corrected chi connectivity index (χ4v) is 5.85. The van der Waals surface area contributed by atoms with Crippen LogP contribution in [0.2, 0.25) is 0 Å². The molecule has 1 N–H and O–H groups in total. The number of piperidine rings is 1. The van der Waals surface area contributed by atoms with E-state index in [1.807, 2.05) is 12.1 Å². The van der Waals surface area contributed by atoms with Gasteiger partial charge in [-0.05, 0) is 36.1 Å². The molecule has 4 atom stereocenters. The zero-order valence-corrected chi connectivity index (χ0v) is 14.8. The van der Waals surface area contributed by atoms with Crippen LogP contribution in [0.4, 0.5) is 0 Å². The highest BCUT2D eigenvalue weighted by atomic mass is 16.5. The van der Waals surface area contributed by atoms with Gasteiger partial charge in [0.25, 0.3) is 0 Å². The second-order valence-corrected chi connectivity index (χ2v) is 8.34. The van der Waals surface area contributed by atoms with Gasteiger partial charge in [-0.15, -0.1) is 0 Å². The van der Waals surface area contributed by atoms with E-state index in [4.69, 9.17) is 4.74 Å². The lowest BCUT2D eigenvalue weighted by Crippen LogP contribution is -2.69. The summed E-state index contributed by atoms with van der Waals surface area (Å²) in [6, 6.07) is 6.48. The Kier molecular flexibility index (Phi) is 3.64. The van der Waals surface area contributed by atoms with Crippen molar-refractivity contribution in [2.75, 3.05) is 20.3 Å². The van der Waals surface area contributed by atoms with E-state index in [9.17, 15) is 9.90 Å². The third kappa shape index (κ3) is 2.26. The lowest BCUT2D eigenvalue weighted by atomic mass is 9.52. The average Bonchev–Trinajstić information content (AvgIpc) is 2.57. The van der Waals surface area contributed by atoms with Crippen LogP contribution in [0.3, 0.4) is 0 Å². The van der Waals surface area contributed by atoms with Crippen LogP contribution < -0.4 is 0 Å². The van der Waals surface area contributed by atoms with Crippen molar-refractivity contribution in [1.29, 1.82) is 0 Å². The summed E-state index contributed by atoms with van der Waals surface area (Å²) in [5.74, 6) is 0.847. The topological polar surface area (TPSA) is 46.5 Å². The van der Waals surface area contributed by atoms with Crippen molar-refractivity contribution in [2.45, 2.75) is 56.9 Å². The third-order valence-electron chi connectivity index (χ3n) is 7.05. The molecule has 4 heteroatoms. The molecule has 4 nitrogen and oxygen atoms in total. The number of carbonyl (C=O) groups is 1. The number of rotatable bonds is 2. The number of phenolic OH excluding ortho intramolecular Hbond substituents is 1. The maximum absolute atomic E-state index is 11.4. The number of quaternary nitrogens is 1. The van der Waals surface area contributed by atoms with Crippen LogP contribution in [0, 0.1) is 5.92 Å². The van der Waals surface area contributed by atoms with Gasteiger partial charge < -0.3 is 9.84 Å². The maximum atomic E-state index is 11.4. The monoisotopic (exact) mass is 330 g/mol.